The van der Waals surface area contributed by atoms with Crippen LogP contribution in [0.2, 0.25) is 0 Å². The second kappa shape index (κ2) is 5.12. The zero-order valence-corrected chi connectivity index (χ0v) is 9.65. The third-order valence-corrected chi connectivity index (χ3v) is 3.11. The Balaban J connectivity index is 1.97. The first-order valence-corrected chi connectivity index (χ1v) is 5.83. The predicted octanol–water partition coefficient (Wildman–Crippen LogP) is 2.11. The van der Waals surface area contributed by atoms with Crippen molar-refractivity contribution in [2.75, 3.05) is 18.9 Å². The highest BCUT2D eigenvalue weighted by atomic mass is 16.2. The number of rotatable bonds is 2. The number of likely N-dealkylation sites (tertiary alicyclic amines) is 1. The van der Waals surface area contributed by atoms with Gasteiger partial charge in [-0.05, 0) is 38.6 Å². The Kier molecular flexibility index (Phi) is 3.57. The van der Waals surface area contributed by atoms with Crippen molar-refractivity contribution in [2.24, 2.45) is 0 Å². The van der Waals surface area contributed by atoms with Gasteiger partial charge in [0, 0.05) is 5.69 Å². The number of benzene rings is 1. The number of hydrogen-bond acceptors (Lipinski definition) is 2. The highest BCUT2D eigenvalue weighted by Crippen LogP contribution is 2.16. The average molecular weight is 218 g/mol. The molecule has 1 aliphatic heterocycles. The summed E-state index contributed by atoms with van der Waals surface area (Å²) in [6, 6.07) is 9.68. The molecule has 0 saturated carbocycles. The van der Waals surface area contributed by atoms with Crippen molar-refractivity contribution >= 4 is 11.6 Å². The number of nitrogens with one attached hydrogen (secondary N) is 1. The van der Waals surface area contributed by atoms with Crippen molar-refractivity contribution in [1.82, 2.24) is 4.90 Å². The molecule has 86 valence electrons. The molecule has 1 atom stereocenters. The lowest BCUT2D eigenvalue weighted by Crippen LogP contribution is -2.44. The van der Waals surface area contributed by atoms with Gasteiger partial charge >= 0.3 is 0 Å². The Bertz CT molecular complexity index is 350. The summed E-state index contributed by atoms with van der Waals surface area (Å²) < 4.78 is 0. The number of amides is 1. The lowest BCUT2D eigenvalue weighted by atomic mass is 10.0. The first-order chi connectivity index (χ1) is 7.77. The Labute approximate surface area is 96.5 Å². The van der Waals surface area contributed by atoms with Crippen LogP contribution in [0.25, 0.3) is 0 Å². The molecular weight excluding hydrogens is 200 g/mol. The van der Waals surface area contributed by atoms with E-state index in [0.717, 1.165) is 25.1 Å². The fourth-order valence-corrected chi connectivity index (χ4v) is 2.15. The molecule has 0 spiro atoms. The highest BCUT2D eigenvalue weighted by Gasteiger charge is 2.25. The van der Waals surface area contributed by atoms with Crippen molar-refractivity contribution in [3.8, 4) is 0 Å². The smallest absolute Gasteiger partial charge is 0.241 e. The first-order valence-electron chi connectivity index (χ1n) is 5.83. The summed E-state index contributed by atoms with van der Waals surface area (Å²) >= 11 is 0. The van der Waals surface area contributed by atoms with Gasteiger partial charge in [-0.3, -0.25) is 9.69 Å². The van der Waals surface area contributed by atoms with E-state index in [4.69, 9.17) is 0 Å². The third kappa shape index (κ3) is 2.61. The van der Waals surface area contributed by atoms with E-state index in [9.17, 15) is 4.79 Å². The molecule has 0 aliphatic carbocycles. The Morgan fingerprint density at radius 3 is 2.75 bits per heavy atom. The molecule has 3 nitrogen and oxygen atoms in total. The molecular formula is C13H18N2O. The first kappa shape index (κ1) is 11.1. The SMILES string of the molecule is CN1CCCC[C@@H]1C(=O)Nc1ccccc1. The van der Waals surface area contributed by atoms with Gasteiger partial charge in [0.25, 0.3) is 0 Å². The maximum Gasteiger partial charge on any atom is 0.241 e. The molecule has 1 N–H and O–H groups in total. The van der Waals surface area contributed by atoms with Gasteiger partial charge in [-0.15, -0.1) is 0 Å². The van der Waals surface area contributed by atoms with Crippen LogP contribution in [0, 0.1) is 0 Å². The van der Waals surface area contributed by atoms with Gasteiger partial charge in [-0.2, -0.15) is 0 Å². The van der Waals surface area contributed by atoms with Gasteiger partial charge in [-0.25, -0.2) is 0 Å². The molecule has 3 heteroatoms. The number of likely N-dealkylation sites (N-methyl/N-ethyl adjacent to an activating group) is 1. The average Bonchev–Trinajstić information content (AvgIpc) is 2.31. The van der Waals surface area contributed by atoms with E-state index in [1.54, 1.807) is 0 Å². The van der Waals surface area contributed by atoms with E-state index in [2.05, 4.69) is 10.2 Å². The Morgan fingerprint density at radius 2 is 2.06 bits per heavy atom. The van der Waals surface area contributed by atoms with Crippen LogP contribution in [0.15, 0.2) is 30.3 Å². The molecule has 0 bridgehead atoms. The van der Waals surface area contributed by atoms with E-state index in [1.165, 1.54) is 6.42 Å². The van der Waals surface area contributed by atoms with Crippen molar-refractivity contribution in [3.05, 3.63) is 30.3 Å². The highest BCUT2D eigenvalue weighted by molar-refractivity contribution is 5.94. The standard InChI is InChI=1S/C13H18N2O/c1-15-10-6-5-9-12(15)13(16)14-11-7-3-2-4-8-11/h2-4,7-8,12H,5-6,9-10H2,1H3,(H,14,16)/t12-/m1/s1. The molecule has 0 aromatic heterocycles. The van der Waals surface area contributed by atoms with Gasteiger partial charge in [0.1, 0.15) is 0 Å². The number of carbonyl (C=O) groups excluding carboxylic acids is 1. The van der Waals surface area contributed by atoms with Crippen LogP contribution in [0.3, 0.4) is 0 Å². The zero-order chi connectivity index (χ0) is 11.4. The van der Waals surface area contributed by atoms with Crippen LogP contribution >= 0.6 is 0 Å². The summed E-state index contributed by atoms with van der Waals surface area (Å²) in [6.45, 7) is 1.02. The molecule has 1 fully saturated rings. The lowest BCUT2D eigenvalue weighted by molar-refractivity contribution is -0.121. The normalized spacial score (nSPS) is 21.7. The van der Waals surface area contributed by atoms with Gasteiger partial charge in [0.2, 0.25) is 5.91 Å². The van der Waals surface area contributed by atoms with Crippen molar-refractivity contribution in [1.29, 1.82) is 0 Å². The van der Waals surface area contributed by atoms with Crippen LogP contribution in [0.1, 0.15) is 19.3 Å². The molecule has 1 aromatic rings. The quantitative estimate of drug-likeness (QED) is 0.824. The molecule has 0 radical (unpaired) electrons. The second-order valence-electron chi connectivity index (χ2n) is 4.35. The molecule has 1 amide bonds. The van der Waals surface area contributed by atoms with E-state index >= 15 is 0 Å². The molecule has 2 rings (SSSR count). The number of para-hydroxylation sites is 1. The van der Waals surface area contributed by atoms with E-state index in [1.807, 2.05) is 37.4 Å². The number of piperidine rings is 1. The Morgan fingerprint density at radius 1 is 1.31 bits per heavy atom. The number of hydrogen-bond donors (Lipinski definition) is 1. The Hall–Kier alpha value is -1.35. The van der Waals surface area contributed by atoms with Gasteiger partial charge < -0.3 is 5.32 Å². The third-order valence-electron chi connectivity index (χ3n) is 3.11. The topological polar surface area (TPSA) is 32.3 Å². The van der Waals surface area contributed by atoms with Crippen molar-refractivity contribution < 1.29 is 4.79 Å². The van der Waals surface area contributed by atoms with E-state index in [0.29, 0.717) is 0 Å². The monoisotopic (exact) mass is 218 g/mol. The van der Waals surface area contributed by atoms with Crippen LogP contribution in [0.5, 0.6) is 0 Å². The summed E-state index contributed by atoms with van der Waals surface area (Å²) in [5, 5.41) is 2.96. The summed E-state index contributed by atoms with van der Waals surface area (Å²) in [5.74, 6) is 0.119. The van der Waals surface area contributed by atoms with Gasteiger partial charge in [0.05, 0.1) is 6.04 Å². The summed E-state index contributed by atoms with van der Waals surface area (Å²) in [6.07, 6.45) is 3.32. The van der Waals surface area contributed by atoms with Crippen molar-refractivity contribution in [3.63, 3.8) is 0 Å². The van der Waals surface area contributed by atoms with Crippen LogP contribution in [0.4, 0.5) is 5.69 Å². The minimum atomic E-state index is 0.0361. The maximum absolute atomic E-state index is 12.0. The molecule has 1 heterocycles. The number of carbonyl (C=O) groups is 1. The minimum absolute atomic E-state index is 0.0361. The summed E-state index contributed by atoms with van der Waals surface area (Å²) in [5.41, 5.74) is 0.881. The second-order valence-corrected chi connectivity index (χ2v) is 4.35. The molecule has 1 aromatic carbocycles. The van der Waals surface area contributed by atoms with Crippen LogP contribution in [-0.2, 0) is 4.79 Å². The minimum Gasteiger partial charge on any atom is -0.325 e. The van der Waals surface area contributed by atoms with Crippen molar-refractivity contribution in [2.45, 2.75) is 25.3 Å². The number of anilines is 1. The fourth-order valence-electron chi connectivity index (χ4n) is 2.15. The molecule has 0 unspecified atom stereocenters. The fraction of sp³-hybridized carbons (Fsp3) is 0.462. The number of nitrogens with zero attached hydrogens (tertiary/aromatic N) is 1. The van der Waals surface area contributed by atoms with Crippen LogP contribution < -0.4 is 5.32 Å². The van der Waals surface area contributed by atoms with Gasteiger partial charge in [0.15, 0.2) is 0 Å². The van der Waals surface area contributed by atoms with E-state index in [-0.39, 0.29) is 11.9 Å². The molecule has 1 aliphatic rings. The lowest BCUT2D eigenvalue weighted by Gasteiger charge is -2.31. The van der Waals surface area contributed by atoms with Crippen LogP contribution in [-0.4, -0.2) is 30.4 Å². The molecule has 16 heavy (non-hydrogen) atoms. The van der Waals surface area contributed by atoms with E-state index < -0.39 is 0 Å². The summed E-state index contributed by atoms with van der Waals surface area (Å²) in [7, 11) is 2.02. The maximum atomic E-state index is 12.0. The summed E-state index contributed by atoms with van der Waals surface area (Å²) in [4.78, 5) is 14.2. The predicted molar refractivity (Wildman–Crippen MR) is 65.3 cm³/mol. The zero-order valence-electron chi connectivity index (χ0n) is 9.65. The van der Waals surface area contributed by atoms with Gasteiger partial charge in [-0.1, -0.05) is 24.6 Å². The molecule has 1 saturated heterocycles. The largest absolute Gasteiger partial charge is 0.325 e.